The van der Waals surface area contributed by atoms with Crippen molar-refractivity contribution in [1.82, 2.24) is 0 Å². The van der Waals surface area contributed by atoms with E-state index in [2.05, 4.69) is 72.8 Å². The predicted octanol–water partition coefficient (Wildman–Crippen LogP) is 6.95. The zero-order chi connectivity index (χ0) is 22.9. The number of hydrogen-bond donors (Lipinski definition) is 2. The molecule has 31 heavy (non-hydrogen) atoms. The maximum absolute atomic E-state index is 10.3. The lowest BCUT2D eigenvalue weighted by atomic mass is 9.39. The van der Waals surface area contributed by atoms with Crippen molar-refractivity contribution in [1.29, 1.82) is 0 Å². The molecule has 4 aliphatic carbocycles. The van der Waals surface area contributed by atoms with Gasteiger partial charge in [-0.25, -0.2) is 0 Å². The Hall–Kier alpha value is -0.860. The largest absolute Gasteiger partial charge is 0.393 e. The van der Waals surface area contributed by atoms with Crippen molar-refractivity contribution in [2.45, 2.75) is 111 Å². The summed E-state index contributed by atoms with van der Waals surface area (Å²) in [5.41, 5.74) is 11.0. The first-order valence-corrected chi connectivity index (χ1v) is 12.9. The van der Waals surface area contributed by atoms with E-state index in [1.807, 2.05) is 0 Å². The van der Waals surface area contributed by atoms with Gasteiger partial charge in [0.15, 0.2) is 0 Å². The monoisotopic (exact) mass is 425 g/mol. The lowest BCUT2D eigenvalue weighted by Gasteiger charge is -2.66. The van der Waals surface area contributed by atoms with Crippen molar-refractivity contribution in [2.75, 3.05) is 0 Å². The molecule has 174 valence electrons. The van der Waals surface area contributed by atoms with Gasteiger partial charge in [-0.1, -0.05) is 83.9 Å². The maximum Gasteiger partial charge on any atom is 0.0578 e. The normalized spacial score (nSPS) is 48.1. The third kappa shape index (κ3) is 2.96. The van der Waals surface area contributed by atoms with Crippen LogP contribution in [0.2, 0.25) is 0 Å². The van der Waals surface area contributed by atoms with Crippen molar-refractivity contribution in [3.05, 3.63) is 35.5 Å². The molecule has 3 N–H and O–H groups in total. The molecule has 0 aromatic heterocycles. The minimum absolute atomic E-state index is 0.100. The quantitative estimate of drug-likeness (QED) is 0.479. The van der Waals surface area contributed by atoms with Crippen LogP contribution in [0.5, 0.6) is 0 Å². The van der Waals surface area contributed by atoms with E-state index < -0.39 is 0 Å². The smallest absolute Gasteiger partial charge is 0.0578 e. The highest BCUT2D eigenvalue weighted by Crippen LogP contribution is 2.75. The van der Waals surface area contributed by atoms with E-state index in [-0.39, 0.29) is 33.3 Å². The summed E-state index contributed by atoms with van der Waals surface area (Å²) >= 11 is 0. The lowest BCUT2D eigenvalue weighted by molar-refractivity contribution is -0.0561. The number of allylic oxidation sites excluding steroid dienone is 4. The summed E-state index contributed by atoms with van der Waals surface area (Å²) in [7, 11) is 0. The van der Waals surface area contributed by atoms with Gasteiger partial charge in [0.25, 0.3) is 0 Å². The molecule has 0 radical (unpaired) electrons. The molecule has 3 fully saturated rings. The van der Waals surface area contributed by atoms with Crippen molar-refractivity contribution >= 4 is 0 Å². The van der Waals surface area contributed by atoms with E-state index in [9.17, 15) is 5.11 Å². The fraction of sp³-hybridized carbons (Fsp3) is 0.793. The van der Waals surface area contributed by atoms with Gasteiger partial charge in [0.05, 0.1) is 6.10 Å². The minimum Gasteiger partial charge on any atom is -0.393 e. The second-order valence-electron chi connectivity index (χ2n) is 12.9. The van der Waals surface area contributed by atoms with Gasteiger partial charge in [-0.15, -0.1) is 0 Å². The van der Waals surface area contributed by atoms with Gasteiger partial charge in [0.2, 0.25) is 0 Å². The molecule has 0 saturated heterocycles. The van der Waals surface area contributed by atoms with Crippen LogP contribution in [0.4, 0.5) is 0 Å². The van der Waals surface area contributed by atoms with Crippen molar-refractivity contribution in [3.8, 4) is 0 Å². The molecule has 2 heteroatoms. The van der Waals surface area contributed by atoms with E-state index in [0.29, 0.717) is 11.8 Å². The lowest BCUT2D eigenvalue weighted by Crippen LogP contribution is -2.63. The van der Waals surface area contributed by atoms with Gasteiger partial charge in [-0.3, -0.25) is 0 Å². The molecule has 0 heterocycles. The Labute approximate surface area is 191 Å². The molecular formula is C29H47NO. The SMILES string of the molecule is CC(C)C/C=C/[C@@H](C)[C@@]1(N)CC[C@@]2(C)C3=CC=C4C[C@@H](O)CC[C@]4(C)[C@@]3(C)CC[C@@]21C. The van der Waals surface area contributed by atoms with Crippen LogP contribution in [0.15, 0.2) is 35.5 Å². The van der Waals surface area contributed by atoms with Crippen molar-refractivity contribution in [2.24, 2.45) is 39.2 Å². The molecule has 0 aromatic rings. The van der Waals surface area contributed by atoms with Gasteiger partial charge >= 0.3 is 0 Å². The molecule has 0 bridgehead atoms. The second kappa shape index (κ2) is 7.32. The van der Waals surface area contributed by atoms with Crippen molar-refractivity contribution < 1.29 is 5.11 Å². The Morgan fingerprint density at radius 1 is 0.968 bits per heavy atom. The maximum atomic E-state index is 10.3. The number of hydrogen-bond acceptors (Lipinski definition) is 2. The van der Waals surface area contributed by atoms with Crippen LogP contribution in [-0.2, 0) is 0 Å². The molecular weight excluding hydrogens is 378 g/mol. The fourth-order valence-corrected chi connectivity index (χ4v) is 8.37. The summed E-state index contributed by atoms with van der Waals surface area (Å²) in [6.45, 7) is 17.0. The average Bonchev–Trinajstić information content (AvgIpc) is 2.91. The standard InChI is InChI=1S/C29H47NO/c1-20(2)9-8-10-21(3)29(30)18-16-27(6)24-12-11-22-19-23(31)13-14-25(22,4)26(24,5)15-17-28(27,29)7/h8,10-12,20-21,23,31H,9,13-19,30H2,1-7H3/b10-8+/t21-,23+,25+,26+,27+,28+,29+/m1/s1. The van der Waals surface area contributed by atoms with Crippen LogP contribution in [0.25, 0.3) is 0 Å². The van der Waals surface area contributed by atoms with Crippen LogP contribution in [0, 0.1) is 33.5 Å². The molecule has 3 saturated carbocycles. The third-order valence-electron chi connectivity index (χ3n) is 11.3. The zero-order valence-corrected chi connectivity index (χ0v) is 21.2. The molecule has 0 unspecified atom stereocenters. The van der Waals surface area contributed by atoms with Gasteiger partial charge in [0.1, 0.15) is 0 Å². The summed E-state index contributed by atoms with van der Waals surface area (Å²) in [5.74, 6) is 1.08. The summed E-state index contributed by atoms with van der Waals surface area (Å²) < 4.78 is 0. The summed E-state index contributed by atoms with van der Waals surface area (Å²) in [6.07, 6.45) is 18.2. The minimum atomic E-state index is -0.163. The van der Waals surface area contributed by atoms with E-state index in [4.69, 9.17) is 5.73 Å². The highest BCUT2D eigenvalue weighted by Gasteiger charge is 2.70. The molecule has 0 aromatic carbocycles. The number of aliphatic hydroxyl groups is 1. The Balaban J connectivity index is 1.73. The van der Waals surface area contributed by atoms with E-state index >= 15 is 0 Å². The topological polar surface area (TPSA) is 46.2 Å². The Kier molecular flexibility index (Phi) is 5.50. The first-order valence-electron chi connectivity index (χ1n) is 12.9. The predicted molar refractivity (Wildman–Crippen MR) is 132 cm³/mol. The highest BCUT2D eigenvalue weighted by atomic mass is 16.3. The van der Waals surface area contributed by atoms with Crippen molar-refractivity contribution in [3.63, 3.8) is 0 Å². The van der Waals surface area contributed by atoms with Gasteiger partial charge in [0, 0.05) is 5.54 Å². The fourth-order valence-electron chi connectivity index (χ4n) is 8.37. The Bertz CT molecular complexity index is 823. The summed E-state index contributed by atoms with van der Waals surface area (Å²) in [6, 6.07) is 0. The van der Waals surface area contributed by atoms with Crippen LogP contribution < -0.4 is 5.73 Å². The number of nitrogens with two attached hydrogens (primary N) is 1. The summed E-state index contributed by atoms with van der Waals surface area (Å²) in [4.78, 5) is 0. The first kappa shape index (κ1) is 23.3. The third-order valence-corrected chi connectivity index (χ3v) is 11.3. The molecule has 0 aliphatic heterocycles. The first-order chi connectivity index (χ1) is 14.3. The second-order valence-corrected chi connectivity index (χ2v) is 12.9. The Morgan fingerprint density at radius 2 is 1.65 bits per heavy atom. The molecule has 0 spiro atoms. The number of aliphatic hydroxyl groups excluding tert-OH is 1. The van der Waals surface area contributed by atoms with Gasteiger partial charge in [-0.2, -0.15) is 0 Å². The van der Waals surface area contributed by atoms with E-state index in [1.54, 1.807) is 5.57 Å². The van der Waals surface area contributed by atoms with Crippen LogP contribution in [-0.4, -0.2) is 16.7 Å². The molecule has 4 rings (SSSR count). The average molecular weight is 426 g/mol. The van der Waals surface area contributed by atoms with Gasteiger partial charge < -0.3 is 10.8 Å². The number of rotatable bonds is 4. The number of fused-ring (bicyclic) bond motifs is 5. The van der Waals surface area contributed by atoms with Crippen LogP contribution in [0.1, 0.15) is 99.8 Å². The highest BCUT2D eigenvalue weighted by molar-refractivity contribution is 5.46. The molecule has 0 amide bonds. The van der Waals surface area contributed by atoms with E-state index in [1.165, 1.54) is 24.8 Å². The molecule has 2 nitrogen and oxygen atoms in total. The zero-order valence-electron chi connectivity index (χ0n) is 21.2. The van der Waals surface area contributed by atoms with Crippen LogP contribution in [0.3, 0.4) is 0 Å². The van der Waals surface area contributed by atoms with Crippen LogP contribution >= 0.6 is 0 Å². The molecule has 7 atom stereocenters. The Morgan fingerprint density at radius 3 is 2.32 bits per heavy atom. The summed E-state index contributed by atoms with van der Waals surface area (Å²) in [5, 5.41) is 10.3. The molecule has 4 aliphatic rings. The van der Waals surface area contributed by atoms with E-state index in [0.717, 1.165) is 32.1 Å². The van der Waals surface area contributed by atoms with Gasteiger partial charge in [-0.05, 0) is 84.9 Å².